The van der Waals surface area contributed by atoms with Crippen molar-refractivity contribution < 1.29 is 9.84 Å². The SMILES string of the molecule is CCC(C)(CN)C(O)C1CCOC1. The molecule has 0 aromatic rings. The van der Waals surface area contributed by atoms with Crippen LogP contribution in [-0.2, 0) is 4.74 Å². The van der Waals surface area contributed by atoms with Gasteiger partial charge < -0.3 is 15.6 Å². The van der Waals surface area contributed by atoms with Gasteiger partial charge in [0.25, 0.3) is 0 Å². The van der Waals surface area contributed by atoms with E-state index < -0.39 is 0 Å². The van der Waals surface area contributed by atoms with Gasteiger partial charge in [-0.1, -0.05) is 13.8 Å². The summed E-state index contributed by atoms with van der Waals surface area (Å²) < 4.78 is 5.26. The quantitative estimate of drug-likeness (QED) is 0.683. The summed E-state index contributed by atoms with van der Waals surface area (Å²) in [5.41, 5.74) is 5.54. The molecular formula is C10H21NO2. The minimum Gasteiger partial charge on any atom is -0.392 e. The first kappa shape index (κ1) is 11.0. The van der Waals surface area contributed by atoms with E-state index in [2.05, 4.69) is 13.8 Å². The molecule has 0 aliphatic carbocycles. The van der Waals surface area contributed by atoms with Crippen molar-refractivity contribution in [2.45, 2.75) is 32.8 Å². The van der Waals surface area contributed by atoms with Crippen LogP contribution in [0.5, 0.6) is 0 Å². The fraction of sp³-hybridized carbons (Fsp3) is 1.00. The van der Waals surface area contributed by atoms with E-state index >= 15 is 0 Å². The number of ether oxygens (including phenoxy) is 1. The average molecular weight is 187 g/mol. The Morgan fingerprint density at radius 2 is 2.38 bits per heavy atom. The highest BCUT2D eigenvalue weighted by molar-refractivity contribution is 4.88. The lowest BCUT2D eigenvalue weighted by Gasteiger charge is -2.35. The van der Waals surface area contributed by atoms with E-state index in [4.69, 9.17) is 10.5 Å². The summed E-state index contributed by atoms with van der Waals surface area (Å²) in [6, 6.07) is 0. The normalized spacial score (nSPS) is 30.0. The van der Waals surface area contributed by atoms with Gasteiger partial charge in [-0.3, -0.25) is 0 Å². The fourth-order valence-corrected chi connectivity index (χ4v) is 1.85. The molecule has 3 N–H and O–H groups in total. The third kappa shape index (κ3) is 2.22. The molecule has 1 saturated heterocycles. The van der Waals surface area contributed by atoms with Crippen LogP contribution < -0.4 is 5.73 Å². The Balaban J connectivity index is 2.57. The first-order valence-corrected chi connectivity index (χ1v) is 5.10. The van der Waals surface area contributed by atoms with Crippen molar-refractivity contribution in [3.8, 4) is 0 Å². The molecule has 3 atom stereocenters. The highest BCUT2D eigenvalue weighted by Gasteiger charge is 2.37. The zero-order valence-corrected chi connectivity index (χ0v) is 8.62. The van der Waals surface area contributed by atoms with Gasteiger partial charge in [0, 0.05) is 24.5 Å². The van der Waals surface area contributed by atoms with Crippen molar-refractivity contribution in [2.24, 2.45) is 17.1 Å². The van der Waals surface area contributed by atoms with Crippen LogP contribution in [0.1, 0.15) is 26.7 Å². The molecule has 0 spiro atoms. The van der Waals surface area contributed by atoms with Gasteiger partial charge >= 0.3 is 0 Å². The molecule has 13 heavy (non-hydrogen) atoms. The molecular weight excluding hydrogens is 166 g/mol. The van der Waals surface area contributed by atoms with Gasteiger partial charge in [0.05, 0.1) is 12.7 Å². The molecule has 1 fully saturated rings. The number of aliphatic hydroxyl groups is 1. The highest BCUT2D eigenvalue weighted by atomic mass is 16.5. The number of hydrogen-bond donors (Lipinski definition) is 2. The van der Waals surface area contributed by atoms with E-state index in [0.717, 1.165) is 19.4 Å². The minimum atomic E-state index is -0.315. The molecule has 0 aromatic carbocycles. The monoisotopic (exact) mass is 187 g/mol. The van der Waals surface area contributed by atoms with Gasteiger partial charge in [-0.25, -0.2) is 0 Å². The average Bonchev–Trinajstić information content (AvgIpc) is 2.68. The number of hydrogen-bond acceptors (Lipinski definition) is 3. The van der Waals surface area contributed by atoms with Crippen LogP contribution in [0.4, 0.5) is 0 Å². The standard InChI is InChI=1S/C10H21NO2/c1-3-10(2,7-11)9(12)8-4-5-13-6-8/h8-9,12H,3-7,11H2,1-2H3. The summed E-state index contributed by atoms with van der Waals surface area (Å²) >= 11 is 0. The third-order valence-electron chi connectivity index (χ3n) is 3.40. The maximum absolute atomic E-state index is 10.1. The van der Waals surface area contributed by atoms with Crippen molar-refractivity contribution in [3.63, 3.8) is 0 Å². The Bertz CT molecular complexity index is 151. The molecule has 0 amide bonds. The topological polar surface area (TPSA) is 55.5 Å². The van der Waals surface area contributed by atoms with Crippen LogP contribution in [0.3, 0.4) is 0 Å². The molecule has 1 rings (SSSR count). The number of nitrogens with two attached hydrogens (primary N) is 1. The van der Waals surface area contributed by atoms with Crippen LogP contribution in [-0.4, -0.2) is 31.0 Å². The first-order valence-electron chi connectivity index (χ1n) is 5.10. The van der Waals surface area contributed by atoms with Gasteiger partial charge in [0.2, 0.25) is 0 Å². The lowest BCUT2D eigenvalue weighted by molar-refractivity contribution is -0.00958. The van der Waals surface area contributed by atoms with E-state index in [1.807, 2.05) is 0 Å². The molecule has 3 unspecified atom stereocenters. The Labute approximate surface area is 80.3 Å². The van der Waals surface area contributed by atoms with E-state index in [1.54, 1.807) is 0 Å². The largest absolute Gasteiger partial charge is 0.392 e. The van der Waals surface area contributed by atoms with Gasteiger partial charge in [0.1, 0.15) is 0 Å². The Morgan fingerprint density at radius 1 is 1.69 bits per heavy atom. The zero-order valence-electron chi connectivity index (χ0n) is 8.62. The van der Waals surface area contributed by atoms with Crippen molar-refractivity contribution in [1.82, 2.24) is 0 Å². The molecule has 1 aliphatic heterocycles. The summed E-state index contributed by atoms with van der Waals surface area (Å²) in [7, 11) is 0. The predicted octanol–water partition coefficient (Wildman–Crippen LogP) is 0.759. The van der Waals surface area contributed by atoms with Crippen molar-refractivity contribution >= 4 is 0 Å². The Morgan fingerprint density at radius 3 is 2.77 bits per heavy atom. The second-order valence-electron chi connectivity index (χ2n) is 4.28. The first-order chi connectivity index (χ1) is 6.14. The molecule has 78 valence electrons. The van der Waals surface area contributed by atoms with Crippen LogP contribution in [0.25, 0.3) is 0 Å². The van der Waals surface area contributed by atoms with Crippen LogP contribution in [0.15, 0.2) is 0 Å². The van der Waals surface area contributed by atoms with Crippen molar-refractivity contribution in [1.29, 1.82) is 0 Å². The Hall–Kier alpha value is -0.120. The second-order valence-corrected chi connectivity index (χ2v) is 4.28. The third-order valence-corrected chi connectivity index (χ3v) is 3.40. The smallest absolute Gasteiger partial charge is 0.0656 e. The van der Waals surface area contributed by atoms with Crippen LogP contribution >= 0.6 is 0 Å². The maximum Gasteiger partial charge on any atom is 0.0656 e. The summed E-state index contributed by atoms with van der Waals surface area (Å²) in [4.78, 5) is 0. The maximum atomic E-state index is 10.1. The zero-order chi connectivity index (χ0) is 9.90. The minimum absolute atomic E-state index is 0.141. The molecule has 0 aromatic heterocycles. The molecule has 3 nitrogen and oxygen atoms in total. The van der Waals surface area contributed by atoms with Gasteiger partial charge in [-0.15, -0.1) is 0 Å². The predicted molar refractivity (Wildman–Crippen MR) is 52.4 cm³/mol. The summed E-state index contributed by atoms with van der Waals surface area (Å²) in [5.74, 6) is 0.286. The van der Waals surface area contributed by atoms with E-state index in [9.17, 15) is 5.11 Å². The lowest BCUT2D eigenvalue weighted by atomic mass is 9.76. The molecule has 1 aliphatic rings. The van der Waals surface area contributed by atoms with E-state index in [0.29, 0.717) is 13.2 Å². The van der Waals surface area contributed by atoms with Gasteiger partial charge in [-0.05, 0) is 12.8 Å². The van der Waals surface area contributed by atoms with Gasteiger partial charge in [-0.2, -0.15) is 0 Å². The molecule has 1 heterocycles. The molecule has 0 bridgehead atoms. The summed E-state index contributed by atoms with van der Waals surface area (Å²) in [6.07, 6.45) is 1.57. The number of aliphatic hydroxyl groups excluding tert-OH is 1. The highest BCUT2D eigenvalue weighted by Crippen LogP contribution is 2.32. The Kier molecular flexibility index (Phi) is 3.71. The lowest BCUT2D eigenvalue weighted by Crippen LogP contribution is -2.43. The van der Waals surface area contributed by atoms with Gasteiger partial charge in [0.15, 0.2) is 0 Å². The molecule has 0 radical (unpaired) electrons. The summed E-state index contributed by atoms with van der Waals surface area (Å²) in [6.45, 7) is 6.14. The number of rotatable bonds is 4. The van der Waals surface area contributed by atoms with E-state index in [-0.39, 0.29) is 17.4 Å². The second kappa shape index (κ2) is 4.40. The molecule has 3 heteroatoms. The van der Waals surface area contributed by atoms with Crippen molar-refractivity contribution in [3.05, 3.63) is 0 Å². The van der Waals surface area contributed by atoms with Crippen molar-refractivity contribution in [2.75, 3.05) is 19.8 Å². The van der Waals surface area contributed by atoms with Crippen LogP contribution in [0.2, 0.25) is 0 Å². The fourth-order valence-electron chi connectivity index (χ4n) is 1.85. The molecule has 0 saturated carbocycles. The summed E-state index contributed by atoms with van der Waals surface area (Å²) in [5, 5.41) is 10.1. The van der Waals surface area contributed by atoms with E-state index in [1.165, 1.54) is 0 Å². The van der Waals surface area contributed by atoms with Crippen LogP contribution in [0, 0.1) is 11.3 Å².